The van der Waals surface area contributed by atoms with Gasteiger partial charge in [0.2, 0.25) is 5.91 Å². The monoisotopic (exact) mass is 214 g/mol. The summed E-state index contributed by atoms with van der Waals surface area (Å²) in [7, 11) is 1.67. The summed E-state index contributed by atoms with van der Waals surface area (Å²) in [5.74, 6) is 0.0951. The predicted molar refractivity (Wildman–Crippen MR) is 59.6 cm³/mol. The van der Waals surface area contributed by atoms with Gasteiger partial charge in [-0.15, -0.1) is 0 Å². The Morgan fingerprint density at radius 3 is 3.00 bits per heavy atom. The van der Waals surface area contributed by atoms with E-state index in [1.807, 2.05) is 6.92 Å². The van der Waals surface area contributed by atoms with Crippen LogP contribution in [0.15, 0.2) is 0 Å². The van der Waals surface area contributed by atoms with E-state index in [9.17, 15) is 9.90 Å². The molecule has 1 amide bonds. The topological polar surface area (TPSA) is 52.6 Å². The Morgan fingerprint density at radius 2 is 2.40 bits per heavy atom. The Hall–Kier alpha value is -0.610. The van der Waals surface area contributed by atoms with Gasteiger partial charge in [0.05, 0.1) is 6.10 Å². The van der Waals surface area contributed by atoms with Crippen LogP contribution >= 0.6 is 0 Å². The molecule has 1 aliphatic rings. The first-order valence-corrected chi connectivity index (χ1v) is 5.76. The average molecular weight is 214 g/mol. The molecule has 0 aromatic carbocycles. The molecular weight excluding hydrogens is 192 g/mol. The minimum atomic E-state index is -0.240. The van der Waals surface area contributed by atoms with Gasteiger partial charge in [-0.3, -0.25) is 9.69 Å². The van der Waals surface area contributed by atoms with Crippen molar-refractivity contribution < 1.29 is 9.90 Å². The molecule has 0 aromatic rings. The van der Waals surface area contributed by atoms with Gasteiger partial charge in [0.25, 0.3) is 0 Å². The molecule has 0 bridgehead atoms. The zero-order chi connectivity index (χ0) is 11.3. The van der Waals surface area contributed by atoms with Crippen LogP contribution < -0.4 is 5.32 Å². The van der Waals surface area contributed by atoms with E-state index in [1.165, 1.54) is 6.42 Å². The highest BCUT2D eigenvalue weighted by Gasteiger charge is 2.25. The molecule has 0 aliphatic carbocycles. The lowest BCUT2D eigenvalue weighted by Gasteiger charge is -2.24. The quantitative estimate of drug-likeness (QED) is 0.694. The van der Waals surface area contributed by atoms with Gasteiger partial charge in [0.15, 0.2) is 0 Å². The number of hydrogen-bond donors (Lipinski definition) is 2. The summed E-state index contributed by atoms with van der Waals surface area (Å²) < 4.78 is 0. The fraction of sp³-hybridized carbons (Fsp3) is 0.909. The minimum absolute atomic E-state index is 0.0951. The van der Waals surface area contributed by atoms with Crippen molar-refractivity contribution >= 4 is 5.91 Å². The third kappa shape index (κ3) is 4.18. The van der Waals surface area contributed by atoms with Crippen LogP contribution in [-0.4, -0.2) is 48.2 Å². The largest absolute Gasteiger partial charge is 0.393 e. The fourth-order valence-electron chi connectivity index (χ4n) is 2.22. The second kappa shape index (κ2) is 6.08. The number of likely N-dealkylation sites (tertiary alicyclic amines) is 1. The van der Waals surface area contributed by atoms with Gasteiger partial charge in [-0.05, 0) is 32.7 Å². The van der Waals surface area contributed by atoms with Crippen LogP contribution in [0.3, 0.4) is 0 Å². The second-order valence-electron chi connectivity index (χ2n) is 4.34. The lowest BCUT2D eigenvalue weighted by Crippen LogP contribution is -2.35. The number of carbonyl (C=O) groups excluding carboxylic acids is 1. The van der Waals surface area contributed by atoms with Crippen molar-refractivity contribution in [2.75, 3.05) is 20.1 Å². The highest BCUT2D eigenvalue weighted by Crippen LogP contribution is 2.21. The number of rotatable bonds is 5. The Morgan fingerprint density at radius 1 is 1.67 bits per heavy atom. The van der Waals surface area contributed by atoms with E-state index in [2.05, 4.69) is 10.2 Å². The number of aliphatic hydroxyl groups is 1. The number of nitrogens with one attached hydrogen (secondary N) is 1. The molecule has 0 spiro atoms. The van der Waals surface area contributed by atoms with Gasteiger partial charge in [-0.2, -0.15) is 0 Å². The maximum Gasteiger partial charge on any atom is 0.221 e. The van der Waals surface area contributed by atoms with Crippen molar-refractivity contribution in [1.82, 2.24) is 10.2 Å². The Balaban J connectivity index is 2.30. The molecular formula is C11H22N2O2. The summed E-state index contributed by atoms with van der Waals surface area (Å²) in [5, 5.41) is 12.0. The summed E-state index contributed by atoms with van der Waals surface area (Å²) >= 11 is 0. The molecule has 0 radical (unpaired) electrons. The van der Waals surface area contributed by atoms with Gasteiger partial charge >= 0.3 is 0 Å². The third-order valence-electron chi connectivity index (χ3n) is 3.02. The second-order valence-corrected chi connectivity index (χ2v) is 4.34. The molecule has 2 N–H and O–H groups in total. The zero-order valence-corrected chi connectivity index (χ0v) is 9.70. The lowest BCUT2D eigenvalue weighted by molar-refractivity contribution is -0.121. The summed E-state index contributed by atoms with van der Waals surface area (Å²) in [5.41, 5.74) is 0. The van der Waals surface area contributed by atoms with Crippen molar-refractivity contribution in [2.45, 2.75) is 44.8 Å². The number of carbonyl (C=O) groups is 1. The zero-order valence-electron chi connectivity index (χ0n) is 9.70. The van der Waals surface area contributed by atoms with Crippen molar-refractivity contribution in [3.05, 3.63) is 0 Å². The molecule has 4 nitrogen and oxygen atoms in total. The van der Waals surface area contributed by atoms with Crippen LogP contribution in [0.2, 0.25) is 0 Å². The molecule has 1 aliphatic heterocycles. The van der Waals surface area contributed by atoms with Crippen LogP contribution in [-0.2, 0) is 4.79 Å². The summed E-state index contributed by atoms with van der Waals surface area (Å²) in [6, 6.07) is 0.467. The molecule has 2 atom stereocenters. The van der Waals surface area contributed by atoms with Gasteiger partial charge in [-0.1, -0.05) is 0 Å². The molecule has 1 rings (SSSR count). The van der Waals surface area contributed by atoms with E-state index < -0.39 is 0 Å². The molecule has 0 unspecified atom stereocenters. The summed E-state index contributed by atoms with van der Waals surface area (Å²) in [4.78, 5) is 13.4. The normalized spacial score (nSPS) is 24.1. The molecule has 4 heteroatoms. The van der Waals surface area contributed by atoms with E-state index in [4.69, 9.17) is 0 Å². The number of nitrogens with zero attached hydrogens (tertiary/aromatic N) is 1. The highest BCUT2D eigenvalue weighted by molar-refractivity contribution is 5.75. The van der Waals surface area contributed by atoms with Crippen LogP contribution in [0.1, 0.15) is 32.6 Å². The minimum Gasteiger partial charge on any atom is -0.393 e. The van der Waals surface area contributed by atoms with Crippen molar-refractivity contribution in [3.63, 3.8) is 0 Å². The maximum absolute atomic E-state index is 11.1. The van der Waals surface area contributed by atoms with Crippen molar-refractivity contribution in [2.24, 2.45) is 0 Å². The van der Waals surface area contributed by atoms with E-state index in [1.54, 1.807) is 7.05 Å². The van der Waals surface area contributed by atoms with Crippen LogP contribution in [0, 0.1) is 0 Å². The number of aliphatic hydroxyl groups excluding tert-OH is 1. The molecule has 88 valence electrons. The molecule has 1 fully saturated rings. The van der Waals surface area contributed by atoms with E-state index in [0.717, 1.165) is 25.9 Å². The first-order chi connectivity index (χ1) is 7.13. The lowest BCUT2D eigenvalue weighted by atomic mass is 10.1. The van der Waals surface area contributed by atoms with Crippen molar-refractivity contribution in [1.29, 1.82) is 0 Å². The highest BCUT2D eigenvalue weighted by atomic mass is 16.3. The first-order valence-electron chi connectivity index (χ1n) is 5.76. The van der Waals surface area contributed by atoms with E-state index >= 15 is 0 Å². The summed E-state index contributed by atoms with van der Waals surface area (Å²) in [6.07, 6.45) is 3.49. The fourth-order valence-corrected chi connectivity index (χ4v) is 2.22. The number of hydrogen-bond acceptors (Lipinski definition) is 3. The average Bonchev–Trinajstić information content (AvgIpc) is 2.61. The SMILES string of the molecule is CNC(=O)CCN1CCC[C@@H]1C[C@@H](C)O. The van der Waals surface area contributed by atoms with Gasteiger partial charge in [-0.25, -0.2) is 0 Å². The molecule has 1 heterocycles. The van der Waals surface area contributed by atoms with E-state index in [0.29, 0.717) is 12.5 Å². The van der Waals surface area contributed by atoms with Crippen LogP contribution in [0.25, 0.3) is 0 Å². The Labute approximate surface area is 91.6 Å². The molecule has 15 heavy (non-hydrogen) atoms. The Bertz CT molecular complexity index is 207. The first kappa shape index (κ1) is 12.5. The van der Waals surface area contributed by atoms with Crippen LogP contribution in [0.4, 0.5) is 0 Å². The van der Waals surface area contributed by atoms with E-state index in [-0.39, 0.29) is 12.0 Å². The molecule has 0 saturated carbocycles. The van der Waals surface area contributed by atoms with Gasteiger partial charge < -0.3 is 10.4 Å². The van der Waals surface area contributed by atoms with Gasteiger partial charge in [0.1, 0.15) is 0 Å². The standard InChI is InChI=1S/C11H22N2O2/c1-9(14)8-10-4-3-6-13(10)7-5-11(15)12-2/h9-10,14H,3-8H2,1-2H3,(H,12,15)/t9-,10-/m1/s1. The third-order valence-corrected chi connectivity index (χ3v) is 3.02. The molecule has 0 aromatic heterocycles. The summed E-state index contributed by atoms with van der Waals surface area (Å²) in [6.45, 7) is 3.71. The number of amides is 1. The van der Waals surface area contributed by atoms with Gasteiger partial charge in [0, 0.05) is 26.1 Å². The van der Waals surface area contributed by atoms with Crippen LogP contribution in [0.5, 0.6) is 0 Å². The smallest absolute Gasteiger partial charge is 0.221 e. The predicted octanol–water partition coefficient (Wildman–Crippen LogP) is 0.358. The maximum atomic E-state index is 11.1. The van der Waals surface area contributed by atoms with Crippen molar-refractivity contribution in [3.8, 4) is 0 Å². The Kier molecular flexibility index (Phi) is 5.05. The molecule has 1 saturated heterocycles.